The van der Waals surface area contributed by atoms with Gasteiger partial charge in [0, 0.05) is 12.6 Å². The SMILES string of the molecule is COc1ccc(CN2C(=O)C(=O)/C(=C(/O)c3ccc(OC)cc3OC)C2c2cccc(OC(C)C)c2)cc1. The van der Waals surface area contributed by atoms with E-state index in [1.54, 1.807) is 49.6 Å². The maximum atomic E-state index is 13.5. The van der Waals surface area contributed by atoms with Gasteiger partial charge in [0.25, 0.3) is 11.7 Å². The van der Waals surface area contributed by atoms with Crippen LogP contribution in [0.5, 0.6) is 23.0 Å². The molecule has 0 spiro atoms. The molecule has 3 aromatic carbocycles. The Morgan fingerprint density at radius 1 is 0.868 bits per heavy atom. The van der Waals surface area contributed by atoms with E-state index in [4.69, 9.17) is 18.9 Å². The number of benzene rings is 3. The van der Waals surface area contributed by atoms with Gasteiger partial charge in [0.2, 0.25) is 0 Å². The number of likely N-dealkylation sites (tertiary alicyclic amines) is 1. The molecule has 1 aliphatic heterocycles. The molecule has 1 saturated heterocycles. The zero-order valence-corrected chi connectivity index (χ0v) is 22.1. The second-order valence-corrected chi connectivity index (χ2v) is 9.08. The minimum atomic E-state index is -0.861. The number of hydrogen-bond donors (Lipinski definition) is 1. The van der Waals surface area contributed by atoms with Gasteiger partial charge >= 0.3 is 0 Å². The fourth-order valence-electron chi connectivity index (χ4n) is 4.49. The number of ether oxygens (including phenoxy) is 4. The summed E-state index contributed by atoms with van der Waals surface area (Å²) >= 11 is 0. The first-order valence-corrected chi connectivity index (χ1v) is 12.2. The monoisotopic (exact) mass is 517 g/mol. The van der Waals surface area contributed by atoms with Crippen molar-refractivity contribution >= 4 is 17.4 Å². The highest BCUT2D eigenvalue weighted by Gasteiger charge is 2.46. The number of nitrogens with zero attached hydrogens (tertiary/aromatic N) is 1. The molecule has 1 aliphatic rings. The molecule has 1 unspecified atom stereocenters. The average molecular weight is 518 g/mol. The zero-order valence-electron chi connectivity index (χ0n) is 22.1. The van der Waals surface area contributed by atoms with Crippen LogP contribution in [0.1, 0.15) is 36.6 Å². The highest BCUT2D eigenvalue weighted by Crippen LogP contribution is 2.43. The number of carbonyl (C=O) groups excluding carboxylic acids is 2. The van der Waals surface area contributed by atoms with Crippen molar-refractivity contribution in [3.63, 3.8) is 0 Å². The first-order chi connectivity index (χ1) is 18.3. The molecular formula is C30H31NO7. The van der Waals surface area contributed by atoms with Crippen LogP contribution in [0.2, 0.25) is 0 Å². The van der Waals surface area contributed by atoms with Crippen LogP contribution in [-0.2, 0) is 16.1 Å². The molecule has 8 heteroatoms. The maximum Gasteiger partial charge on any atom is 0.295 e. The largest absolute Gasteiger partial charge is 0.507 e. The molecule has 1 amide bonds. The quantitative estimate of drug-likeness (QED) is 0.239. The van der Waals surface area contributed by atoms with E-state index in [1.165, 1.54) is 19.1 Å². The third-order valence-corrected chi connectivity index (χ3v) is 6.26. The number of ketones is 1. The zero-order chi connectivity index (χ0) is 27.4. The van der Waals surface area contributed by atoms with Gasteiger partial charge in [0.15, 0.2) is 0 Å². The van der Waals surface area contributed by atoms with Gasteiger partial charge in [-0.2, -0.15) is 0 Å². The van der Waals surface area contributed by atoms with Crippen molar-refractivity contribution < 1.29 is 33.6 Å². The third-order valence-electron chi connectivity index (χ3n) is 6.26. The Bertz CT molecular complexity index is 1360. The second-order valence-electron chi connectivity index (χ2n) is 9.08. The van der Waals surface area contributed by atoms with Crippen LogP contribution in [-0.4, -0.2) is 49.1 Å². The van der Waals surface area contributed by atoms with Crippen LogP contribution >= 0.6 is 0 Å². The van der Waals surface area contributed by atoms with E-state index in [0.717, 1.165) is 5.56 Å². The molecule has 1 atom stereocenters. The summed E-state index contributed by atoms with van der Waals surface area (Å²) in [4.78, 5) is 28.3. The Labute approximate surface area is 222 Å². The topological polar surface area (TPSA) is 94.5 Å². The Balaban J connectivity index is 1.87. The number of hydrogen-bond acceptors (Lipinski definition) is 7. The van der Waals surface area contributed by atoms with Gasteiger partial charge in [-0.1, -0.05) is 24.3 Å². The van der Waals surface area contributed by atoms with Crippen LogP contribution in [0.3, 0.4) is 0 Å². The summed E-state index contributed by atoms with van der Waals surface area (Å²) in [6.45, 7) is 3.97. The lowest BCUT2D eigenvalue weighted by atomic mass is 9.94. The molecule has 1 N–H and O–H groups in total. The van der Waals surface area contributed by atoms with Gasteiger partial charge in [-0.25, -0.2) is 0 Å². The summed E-state index contributed by atoms with van der Waals surface area (Å²) in [5.41, 5.74) is 1.67. The number of aliphatic hydroxyl groups excluding tert-OH is 1. The van der Waals surface area contributed by atoms with Gasteiger partial charge in [-0.05, 0) is 61.4 Å². The molecule has 198 valence electrons. The van der Waals surface area contributed by atoms with E-state index in [2.05, 4.69) is 0 Å². The minimum Gasteiger partial charge on any atom is -0.507 e. The Kier molecular flexibility index (Phi) is 7.90. The van der Waals surface area contributed by atoms with Gasteiger partial charge in [-0.15, -0.1) is 0 Å². The molecule has 0 radical (unpaired) electrons. The molecular weight excluding hydrogens is 486 g/mol. The number of amides is 1. The summed E-state index contributed by atoms with van der Waals surface area (Å²) < 4.78 is 21.8. The molecule has 1 heterocycles. The number of Topliss-reactive ketones (excluding diaryl/α,β-unsaturated/α-hetero) is 1. The highest BCUT2D eigenvalue weighted by atomic mass is 16.5. The van der Waals surface area contributed by atoms with E-state index >= 15 is 0 Å². The van der Waals surface area contributed by atoms with E-state index in [0.29, 0.717) is 28.6 Å². The predicted molar refractivity (Wildman–Crippen MR) is 143 cm³/mol. The normalized spacial score (nSPS) is 16.6. The second kappa shape index (κ2) is 11.3. The number of carbonyl (C=O) groups is 2. The summed E-state index contributed by atoms with van der Waals surface area (Å²) in [6, 6.07) is 18.4. The van der Waals surface area contributed by atoms with Crippen molar-refractivity contribution in [1.82, 2.24) is 4.90 Å². The van der Waals surface area contributed by atoms with Crippen molar-refractivity contribution in [1.29, 1.82) is 0 Å². The number of aliphatic hydroxyl groups is 1. The lowest BCUT2D eigenvalue weighted by Crippen LogP contribution is -2.29. The van der Waals surface area contributed by atoms with E-state index in [1.807, 2.05) is 38.1 Å². The minimum absolute atomic E-state index is 0.0336. The number of rotatable bonds is 9. The molecule has 4 rings (SSSR count). The Morgan fingerprint density at radius 2 is 1.55 bits per heavy atom. The van der Waals surface area contributed by atoms with Crippen molar-refractivity contribution in [3.05, 3.63) is 89.0 Å². The van der Waals surface area contributed by atoms with Crippen LogP contribution in [0.4, 0.5) is 0 Å². The first kappa shape index (κ1) is 26.6. The van der Waals surface area contributed by atoms with Gasteiger partial charge in [0.05, 0.1) is 44.6 Å². The number of methoxy groups -OCH3 is 3. The van der Waals surface area contributed by atoms with E-state index in [-0.39, 0.29) is 29.5 Å². The van der Waals surface area contributed by atoms with Crippen molar-refractivity contribution in [2.45, 2.75) is 32.5 Å². The van der Waals surface area contributed by atoms with Crippen molar-refractivity contribution in [2.75, 3.05) is 21.3 Å². The lowest BCUT2D eigenvalue weighted by molar-refractivity contribution is -0.140. The molecule has 38 heavy (non-hydrogen) atoms. The van der Waals surface area contributed by atoms with Crippen LogP contribution in [0.15, 0.2) is 72.3 Å². The third kappa shape index (κ3) is 5.29. The molecule has 8 nitrogen and oxygen atoms in total. The standard InChI is InChI=1S/C30H31NO7/c1-18(2)38-23-8-6-7-20(15-23)27-26(28(32)24-14-13-22(36-4)16-25(24)37-5)29(33)30(34)31(27)17-19-9-11-21(35-3)12-10-19/h6-16,18,27,32H,17H2,1-5H3/b28-26+. The molecule has 1 fully saturated rings. The van der Waals surface area contributed by atoms with Crippen LogP contribution < -0.4 is 18.9 Å². The van der Waals surface area contributed by atoms with Crippen molar-refractivity contribution in [3.8, 4) is 23.0 Å². The van der Waals surface area contributed by atoms with Gasteiger partial charge < -0.3 is 29.0 Å². The molecule has 0 aliphatic carbocycles. The molecule has 0 bridgehead atoms. The molecule has 3 aromatic rings. The summed E-state index contributed by atoms with van der Waals surface area (Å²) in [6.07, 6.45) is -0.0699. The lowest BCUT2D eigenvalue weighted by Gasteiger charge is -2.26. The summed E-state index contributed by atoms with van der Waals surface area (Å²) in [5.74, 6) is 0.267. The predicted octanol–water partition coefficient (Wildman–Crippen LogP) is 5.12. The van der Waals surface area contributed by atoms with Gasteiger partial charge in [0.1, 0.15) is 28.8 Å². The van der Waals surface area contributed by atoms with Crippen LogP contribution in [0.25, 0.3) is 5.76 Å². The average Bonchev–Trinajstić information content (AvgIpc) is 3.17. The summed E-state index contributed by atoms with van der Waals surface area (Å²) in [7, 11) is 4.55. The molecule has 0 aromatic heterocycles. The maximum absolute atomic E-state index is 13.5. The molecule has 0 saturated carbocycles. The fraction of sp³-hybridized carbons (Fsp3) is 0.267. The van der Waals surface area contributed by atoms with Crippen LogP contribution in [0, 0.1) is 0 Å². The Hall–Kier alpha value is -4.46. The Morgan fingerprint density at radius 3 is 2.18 bits per heavy atom. The van der Waals surface area contributed by atoms with E-state index in [9.17, 15) is 14.7 Å². The van der Waals surface area contributed by atoms with Gasteiger partial charge in [-0.3, -0.25) is 9.59 Å². The first-order valence-electron chi connectivity index (χ1n) is 12.2. The smallest absolute Gasteiger partial charge is 0.295 e. The van der Waals surface area contributed by atoms with Crippen molar-refractivity contribution in [2.24, 2.45) is 0 Å². The van der Waals surface area contributed by atoms with E-state index < -0.39 is 17.7 Å². The summed E-state index contributed by atoms with van der Waals surface area (Å²) in [5, 5.41) is 11.5. The highest BCUT2D eigenvalue weighted by molar-refractivity contribution is 6.46. The fourth-order valence-corrected chi connectivity index (χ4v) is 4.49.